The lowest BCUT2D eigenvalue weighted by molar-refractivity contribution is -0.144. The molecule has 0 bridgehead atoms. The zero-order chi connectivity index (χ0) is 23.2. The number of aryl methyl sites for hydroxylation is 1. The minimum Gasteiger partial charge on any atom is -0.468 e. The van der Waals surface area contributed by atoms with Crippen LogP contribution in [0.4, 0.5) is 5.69 Å². The summed E-state index contributed by atoms with van der Waals surface area (Å²) in [5, 5.41) is 0. The van der Waals surface area contributed by atoms with Gasteiger partial charge in [-0.3, -0.25) is 18.7 Å². The predicted molar refractivity (Wildman–Crippen MR) is 113 cm³/mol. The molecule has 0 spiro atoms. The second-order valence-corrected chi connectivity index (χ2v) is 8.62. The van der Waals surface area contributed by atoms with Crippen LogP contribution in [-0.2, 0) is 29.1 Å². The van der Waals surface area contributed by atoms with Gasteiger partial charge < -0.3 is 14.4 Å². The summed E-state index contributed by atoms with van der Waals surface area (Å²) in [5.74, 6) is -2.19. The number of ether oxygens (including phenoxy) is 2. The van der Waals surface area contributed by atoms with Gasteiger partial charge in [-0.2, -0.15) is 0 Å². The molecule has 0 radical (unpaired) electrons. The number of sulfonamides is 1. The molecule has 31 heavy (non-hydrogen) atoms. The fourth-order valence-electron chi connectivity index (χ4n) is 2.66. The molecule has 166 valence electrons. The van der Waals surface area contributed by atoms with Crippen LogP contribution in [0.25, 0.3) is 0 Å². The number of anilines is 1. The summed E-state index contributed by atoms with van der Waals surface area (Å²) in [6.07, 6.45) is 0. The van der Waals surface area contributed by atoms with Crippen molar-refractivity contribution in [1.29, 1.82) is 0 Å². The molecule has 10 heteroatoms. The van der Waals surface area contributed by atoms with Crippen LogP contribution in [0, 0.1) is 6.92 Å². The van der Waals surface area contributed by atoms with Crippen LogP contribution in [0.1, 0.15) is 15.9 Å². The van der Waals surface area contributed by atoms with E-state index in [9.17, 15) is 22.8 Å². The van der Waals surface area contributed by atoms with E-state index >= 15 is 0 Å². The van der Waals surface area contributed by atoms with Crippen molar-refractivity contribution in [1.82, 2.24) is 4.90 Å². The normalized spacial score (nSPS) is 10.8. The molecule has 0 fully saturated rings. The highest BCUT2D eigenvalue weighted by Crippen LogP contribution is 2.23. The first-order chi connectivity index (χ1) is 14.6. The van der Waals surface area contributed by atoms with Crippen molar-refractivity contribution in [2.75, 3.05) is 38.7 Å². The Balaban J connectivity index is 2.37. The lowest BCUT2D eigenvalue weighted by Crippen LogP contribution is -2.40. The molecule has 0 aliphatic carbocycles. The molecule has 0 aromatic heterocycles. The molecule has 9 nitrogen and oxygen atoms in total. The maximum atomic E-state index is 13.1. The van der Waals surface area contributed by atoms with E-state index in [4.69, 9.17) is 0 Å². The van der Waals surface area contributed by atoms with Crippen LogP contribution in [-0.4, -0.2) is 65.5 Å². The standard InChI is InChI=1S/C21H24N2O7S/c1-15-8-10-17(11-9-15)22(2)31(27,28)18-7-5-6-16(12-18)21(26)23(13-19(24)29-3)14-20(25)30-4/h5-12H,13-14H2,1-4H3. The number of rotatable bonds is 8. The molecule has 0 aliphatic heterocycles. The molecule has 0 N–H and O–H groups in total. The van der Waals surface area contributed by atoms with Crippen molar-refractivity contribution < 1.29 is 32.3 Å². The van der Waals surface area contributed by atoms with Gasteiger partial charge in [-0.15, -0.1) is 0 Å². The van der Waals surface area contributed by atoms with Gasteiger partial charge in [-0.05, 0) is 37.3 Å². The Morgan fingerprint density at radius 3 is 1.97 bits per heavy atom. The first kappa shape index (κ1) is 23.9. The van der Waals surface area contributed by atoms with E-state index < -0.39 is 41.0 Å². The zero-order valence-corrected chi connectivity index (χ0v) is 18.5. The van der Waals surface area contributed by atoms with E-state index in [1.54, 1.807) is 24.3 Å². The highest BCUT2D eigenvalue weighted by Gasteiger charge is 2.26. The van der Waals surface area contributed by atoms with Crippen molar-refractivity contribution in [3.8, 4) is 0 Å². The van der Waals surface area contributed by atoms with Gasteiger partial charge >= 0.3 is 11.9 Å². The van der Waals surface area contributed by atoms with Crippen molar-refractivity contribution in [2.45, 2.75) is 11.8 Å². The van der Waals surface area contributed by atoms with E-state index in [2.05, 4.69) is 9.47 Å². The minimum absolute atomic E-state index is 0.00816. The Bertz CT molecular complexity index is 1050. The fourth-order valence-corrected chi connectivity index (χ4v) is 3.91. The summed E-state index contributed by atoms with van der Waals surface area (Å²) in [4.78, 5) is 37.0. The number of hydrogen-bond donors (Lipinski definition) is 0. The van der Waals surface area contributed by atoms with Crippen molar-refractivity contribution >= 4 is 33.6 Å². The Morgan fingerprint density at radius 2 is 1.45 bits per heavy atom. The molecule has 0 aliphatic rings. The first-order valence-corrected chi connectivity index (χ1v) is 10.6. The number of amides is 1. The van der Waals surface area contributed by atoms with Gasteiger partial charge in [0.2, 0.25) is 0 Å². The molecule has 1 amide bonds. The third kappa shape index (κ3) is 5.82. The lowest BCUT2D eigenvalue weighted by Gasteiger charge is -2.22. The monoisotopic (exact) mass is 448 g/mol. The molecule has 0 unspecified atom stereocenters. The highest BCUT2D eigenvalue weighted by molar-refractivity contribution is 7.92. The van der Waals surface area contributed by atoms with Gasteiger partial charge in [0.1, 0.15) is 13.1 Å². The summed E-state index contributed by atoms with van der Waals surface area (Å²) >= 11 is 0. The van der Waals surface area contributed by atoms with Crippen molar-refractivity contribution in [2.24, 2.45) is 0 Å². The minimum atomic E-state index is -3.96. The number of carbonyl (C=O) groups is 3. The number of esters is 2. The van der Waals surface area contributed by atoms with Crippen LogP contribution < -0.4 is 4.31 Å². The maximum Gasteiger partial charge on any atom is 0.325 e. The van der Waals surface area contributed by atoms with Crippen LogP contribution in [0.15, 0.2) is 53.4 Å². The SMILES string of the molecule is COC(=O)CN(CC(=O)OC)C(=O)c1cccc(S(=O)(=O)N(C)c2ccc(C)cc2)c1. The fraction of sp³-hybridized carbons (Fsp3) is 0.286. The molecule has 2 aromatic carbocycles. The first-order valence-electron chi connectivity index (χ1n) is 9.18. The Kier molecular flexibility index (Phi) is 7.76. The van der Waals surface area contributed by atoms with E-state index in [0.29, 0.717) is 5.69 Å². The van der Waals surface area contributed by atoms with Crippen molar-refractivity contribution in [3.05, 3.63) is 59.7 Å². The van der Waals surface area contributed by atoms with Gasteiger partial charge in [0.05, 0.1) is 24.8 Å². The van der Waals surface area contributed by atoms with E-state index in [1.807, 2.05) is 6.92 Å². The number of carbonyl (C=O) groups excluding carboxylic acids is 3. The molecular weight excluding hydrogens is 424 g/mol. The van der Waals surface area contributed by atoms with Crippen LogP contribution in [0.5, 0.6) is 0 Å². The third-order valence-corrected chi connectivity index (χ3v) is 6.30. The second kappa shape index (κ2) is 10.1. The maximum absolute atomic E-state index is 13.1. The number of hydrogen-bond acceptors (Lipinski definition) is 7. The Labute approximate surface area is 181 Å². The summed E-state index contributed by atoms with van der Waals surface area (Å²) in [6, 6.07) is 12.3. The van der Waals surface area contributed by atoms with Crippen LogP contribution >= 0.6 is 0 Å². The summed E-state index contributed by atoms with van der Waals surface area (Å²) in [7, 11) is -0.251. The third-order valence-electron chi connectivity index (χ3n) is 4.52. The zero-order valence-electron chi connectivity index (χ0n) is 17.7. The van der Waals surface area contributed by atoms with E-state index in [1.165, 1.54) is 31.3 Å². The molecule has 0 saturated heterocycles. The average molecular weight is 448 g/mol. The summed E-state index contributed by atoms with van der Waals surface area (Å²) < 4.78 is 36.4. The van der Waals surface area contributed by atoms with Gasteiger partial charge in [0, 0.05) is 12.6 Å². The lowest BCUT2D eigenvalue weighted by atomic mass is 10.2. The summed E-state index contributed by atoms with van der Waals surface area (Å²) in [5.41, 5.74) is 1.44. The largest absolute Gasteiger partial charge is 0.468 e. The number of nitrogens with zero attached hydrogens (tertiary/aromatic N) is 2. The number of benzene rings is 2. The van der Waals surface area contributed by atoms with Gasteiger partial charge in [-0.1, -0.05) is 23.8 Å². The van der Waals surface area contributed by atoms with E-state index in [-0.39, 0.29) is 10.5 Å². The van der Waals surface area contributed by atoms with Crippen LogP contribution in [0.2, 0.25) is 0 Å². The van der Waals surface area contributed by atoms with E-state index in [0.717, 1.165) is 29.0 Å². The predicted octanol–water partition coefficient (Wildman–Crippen LogP) is 1.61. The van der Waals surface area contributed by atoms with Gasteiger partial charge in [0.25, 0.3) is 15.9 Å². The van der Waals surface area contributed by atoms with Gasteiger partial charge in [0.15, 0.2) is 0 Å². The molecule has 2 rings (SSSR count). The quantitative estimate of drug-likeness (QED) is 0.564. The molecule has 2 aromatic rings. The molecule has 0 atom stereocenters. The molecular formula is C21H24N2O7S. The highest BCUT2D eigenvalue weighted by atomic mass is 32.2. The molecule has 0 heterocycles. The van der Waals surface area contributed by atoms with Crippen LogP contribution in [0.3, 0.4) is 0 Å². The second-order valence-electron chi connectivity index (χ2n) is 6.65. The smallest absolute Gasteiger partial charge is 0.325 e. The van der Waals surface area contributed by atoms with Gasteiger partial charge in [-0.25, -0.2) is 8.42 Å². The molecule has 0 saturated carbocycles. The Morgan fingerprint density at radius 1 is 0.903 bits per heavy atom. The topological polar surface area (TPSA) is 110 Å². The Hall–Kier alpha value is -3.40. The van der Waals surface area contributed by atoms with Crippen molar-refractivity contribution in [3.63, 3.8) is 0 Å². The average Bonchev–Trinajstić information content (AvgIpc) is 2.77. The summed E-state index contributed by atoms with van der Waals surface area (Å²) in [6.45, 7) is 0.900. The number of methoxy groups -OCH3 is 2.